The first kappa shape index (κ1) is 11.5. The molecule has 0 aromatic carbocycles. The number of carbonyl (C=O) groups excluding carboxylic acids is 1. The molecule has 0 radical (unpaired) electrons. The standard InChI is InChI=1S/C5H5O4.2CH3.Sn.H/c1-9-5(8)3-2-4(6)7;;;;/h2H,1H3,(H,6,7);2*1H3;;. The van der Waals surface area contributed by atoms with Gasteiger partial charge in [-0.15, -0.1) is 0 Å². The Balaban J connectivity index is 4.66. The molecule has 4 nitrogen and oxygen atoms in total. The van der Waals surface area contributed by atoms with E-state index in [0.717, 1.165) is 6.08 Å². The molecule has 0 spiro atoms. The van der Waals surface area contributed by atoms with E-state index in [1.54, 1.807) is 0 Å². The molecule has 0 amide bonds. The van der Waals surface area contributed by atoms with Crippen LogP contribution in [0.25, 0.3) is 0 Å². The molecular formula is C7H12O4Sn. The van der Waals surface area contributed by atoms with Gasteiger partial charge in [-0.3, -0.25) is 0 Å². The Kier molecular flexibility index (Phi) is 4.96. The summed E-state index contributed by atoms with van der Waals surface area (Å²) in [7, 11) is 1.26. The molecule has 0 aliphatic rings. The van der Waals surface area contributed by atoms with E-state index in [9.17, 15) is 9.59 Å². The number of aliphatic carboxylic acids is 1. The summed E-state index contributed by atoms with van der Waals surface area (Å²) < 4.78 is 4.84. The maximum absolute atomic E-state index is 11.0. The van der Waals surface area contributed by atoms with E-state index in [2.05, 4.69) is 4.74 Å². The Morgan fingerprint density at radius 1 is 1.42 bits per heavy atom. The monoisotopic (exact) mass is 280 g/mol. The van der Waals surface area contributed by atoms with Crippen LogP contribution in [0.15, 0.2) is 9.67 Å². The van der Waals surface area contributed by atoms with E-state index in [1.807, 2.05) is 9.88 Å². The summed E-state index contributed by atoms with van der Waals surface area (Å²) in [6, 6.07) is 0. The molecule has 0 aliphatic heterocycles. The van der Waals surface area contributed by atoms with Crippen LogP contribution >= 0.6 is 0 Å². The second kappa shape index (κ2) is 5.18. The fraction of sp³-hybridized carbons (Fsp3) is 0.429. The van der Waals surface area contributed by atoms with Crippen LogP contribution in [0.3, 0.4) is 0 Å². The second-order valence-electron chi connectivity index (χ2n) is 2.58. The van der Waals surface area contributed by atoms with Gasteiger partial charge in [-0.25, -0.2) is 0 Å². The van der Waals surface area contributed by atoms with Crippen molar-refractivity contribution in [2.45, 2.75) is 9.88 Å². The first-order chi connectivity index (χ1) is 5.49. The second-order valence-corrected chi connectivity index (χ2v) is 11.0. The minimum absolute atomic E-state index is 0.381. The van der Waals surface area contributed by atoms with Crippen molar-refractivity contribution in [1.29, 1.82) is 0 Å². The molecule has 0 aliphatic carbocycles. The normalized spacial score (nSPS) is 11.5. The average molecular weight is 279 g/mol. The van der Waals surface area contributed by atoms with Crippen LogP contribution in [0.1, 0.15) is 0 Å². The van der Waals surface area contributed by atoms with E-state index in [-0.39, 0.29) is 0 Å². The fourth-order valence-corrected chi connectivity index (χ4v) is 3.75. The molecule has 0 saturated carbocycles. The number of carbonyl (C=O) groups is 2. The minimum atomic E-state index is -2.06. The molecule has 0 fully saturated rings. The van der Waals surface area contributed by atoms with Gasteiger partial charge in [-0.05, 0) is 0 Å². The van der Waals surface area contributed by atoms with Crippen molar-refractivity contribution >= 4 is 31.7 Å². The Bertz CT molecular complexity index is 219. The van der Waals surface area contributed by atoms with E-state index >= 15 is 0 Å². The molecule has 0 heterocycles. The van der Waals surface area contributed by atoms with Gasteiger partial charge in [0.1, 0.15) is 0 Å². The maximum atomic E-state index is 11.0. The molecule has 0 aromatic rings. The number of esters is 1. The zero-order valence-corrected chi connectivity index (χ0v) is 10.6. The number of carboxylic acid groups (broad SMARTS) is 1. The molecule has 0 aromatic heterocycles. The molecule has 5 heteroatoms. The number of ether oxygens (including phenoxy) is 1. The molecule has 0 unspecified atom stereocenters. The summed E-state index contributed by atoms with van der Waals surface area (Å²) in [6.07, 6.45) is 0.965. The van der Waals surface area contributed by atoms with Crippen LogP contribution in [-0.2, 0) is 14.3 Å². The summed E-state index contributed by atoms with van der Waals surface area (Å²) in [5.74, 6) is -1.58. The van der Waals surface area contributed by atoms with E-state index in [0.29, 0.717) is 3.59 Å². The van der Waals surface area contributed by atoms with Crippen LogP contribution in [0.2, 0.25) is 9.88 Å². The van der Waals surface area contributed by atoms with Gasteiger partial charge < -0.3 is 0 Å². The first-order valence-electron chi connectivity index (χ1n) is 3.51. The van der Waals surface area contributed by atoms with Gasteiger partial charge in [0.15, 0.2) is 0 Å². The van der Waals surface area contributed by atoms with Crippen LogP contribution in [-0.4, -0.2) is 43.9 Å². The number of carboxylic acids is 1. The van der Waals surface area contributed by atoms with Gasteiger partial charge in [0.25, 0.3) is 0 Å². The van der Waals surface area contributed by atoms with Crippen molar-refractivity contribution in [3.05, 3.63) is 9.67 Å². The predicted octanol–water partition coefficient (Wildman–Crippen LogP) is 0.196. The van der Waals surface area contributed by atoms with Gasteiger partial charge in [-0.1, -0.05) is 0 Å². The Labute approximate surface area is 78.0 Å². The molecule has 1 N–H and O–H groups in total. The van der Waals surface area contributed by atoms with Crippen molar-refractivity contribution in [2.24, 2.45) is 0 Å². The number of hydrogen-bond acceptors (Lipinski definition) is 3. The number of methoxy groups -OCH3 is 1. The third-order valence-electron chi connectivity index (χ3n) is 1.32. The summed E-state index contributed by atoms with van der Waals surface area (Å²) >= 11 is -2.06. The van der Waals surface area contributed by atoms with Crippen molar-refractivity contribution in [3.63, 3.8) is 0 Å². The van der Waals surface area contributed by atoms with Crippen molar-refractivity contribution in [1.82, 2.24) is 0 Å². The van der Waals surface area contributed by atoms with Gasteiger partial charge in [0.2, 0.25) is 0 Å². The van der Waals surface area contributed by atoms with Gasteiger partial charge in [0, 0.05) is 0 Å². The Morgan fingerprint density at radius 3 is 2.17 bits per heavy atom. The molecule has 0 saturated heterocycles. The summed E-state index contributed by atoms with van der Waals surface area (Å²) in [6.45, 7) is 0. The Morgan fingerprint density at radius 2 is 1.92 bits per heavy atom. The fourth-order valence-electron chi connectivity index (χ4n) is 0.712. The molecule has 68 valence electrons. The first-order valence-corrected chi connectivity index (χ1v) is 11.8. The van der Waals surface area contributed by atoms with Crippen molar-refractivity contribution in [3.8, 4) is 0 Å². The molecular weight excluding hydrogens is 267 g/mol. The zero-order valence-electron chi connectivity index (χ0n) is 7.33. The summed E-state index contributed by atoms with van der Waals surface area (Å²) in [5.41, 5.74) is 0. The van der Waals surface area contributed by atoms with Crippen LogP contribution in [0.4, 0.5) is 0 Å². The quantitative estimate of drug-likeness (QED) is 0.455. The van der Waals surface area contributed by atoms with Crippen LogP contribution in [0.5, 0.6) is 0 Å². The Hall–Kier alpha value is -0.521. The van der Waals surface area contributed by atoms with Crippen LogP contribution < -0.4 is 0 Å². The number of hydrogen-bond donors (Lipinski definition) is 1. The predicted molar refractivity (Wildman–Crippen MR) is 46.6 cm³/mol. The van der Waals surface area contributed by atoms with Gasteiger partial charge in [0.05, 0.1) is 0 Å². The summed E-state index contributed by atoms with van der Waals surface area (Å²) in [4.78, 5) is 25.1. The van der Waals surface area contributed by atoms with E-state index < -0.39 is 31.7 Å². The molecule has 0 atom stereocenters. The zero-order chi connectivity index (χ0) is 9.72. The topological polar surface area (TPSA) is 63.6 Å². The van der Waals surface area contributed by atoms with Gasteiger partial charge in [-0.2, -0.15) is 0 Å². The van der Waals surface area contributed by atoms with Crippen molar-refractivity contribution in [2.75, 3.05) is 7.11 Å². The van der Waals surface area contributed by atoms with Crippen molar-refractivity contribution < 1.29 is 19.4 Å². The van der Waals surface area contributed by atoms with Crippen LogP contribution in [0, 0.1) is 0 Å². The van der Waals surface area contributed by atoms with E-state index in [1.165, 1.54) is 7.11 Å². The average Bonchev–Trinajstić information content (AvgIpc) is 1.98. The molecule has 12 heavy (non-hydrogen) atoms. The third-order valence-corrected chi connectivity index (χ3v) is 6.02. The molecule has 0 bridgehead atoms. The third kappa shape index (κ3) is 3.75. The molecule has 0 rings (SSSR count). The van der Waals surface area contributed by atoms with E-state index in [4.69, 9.17) is 5.11 Å². The van der Waals surface area contributed by atoms with Gasteiger partial charge >= 0.3 is 77.8 Å². The SMILES string of the molecule is COC(=O)/[C](=C\C(=O)O)[SnH]([CH3])[CH3]. The summed E-state index contributed by atoms with van der Waals surface area (Å²) in [5, 5.41) is 8.43. The number of rotatable bonds is 3.